The number of nitrogens with zero attached hydrogens (tertiary/aromatic N) is 2. The van der Waals surface area contributed by atoms with Gasteiger partial charge in [0.25, 0.3) is 0 Å². The van der Waals surface area contributed by atoms with Crippen molar-refractivity contribution in [1.82, 2.24) is 9.80 Å². The smallest absolute Gasteiger partial charge is 0.321 e. The van der Waals surface area contributed by atoms with Gasteiger partial charge in [-0.1, -0.05) is 66.7 Å². The maximum absolute atomic E-state index is 13.4. The van der Waals surface area contributed by atoms with Crippen molar-refractivity contribution < 1.29 is 9.53 Å². The van der Waals surface area contributed by atoms with E-state index in [1.165, 1.54) is 16.0 Å². The highest BCUT2D eigenvalue weighted by atomic mass is 32.2. The number of carbonyl (C=O) groups excluding carboxylic acids is 1. The molecule has 2 aliphatic rings. The quantitative estimate of drug-likeness (QED) is 0.459. The number of hydrogen-bond donors (Lipinski definition) is 0. The van der Waals surface area contributed by atoms with Gasteiger partial charge < -0.3 is 14.5 Å². The molecule has 152 valence electrons. The number of benzene rings is 2. The predicted octanol–water partition coefficient (Wildman–Crippen LogP) is 4.92. The van der Waals surface area contributed by atoms with Gasteiger partial charge in [-0.15, -0.1) is 11.8 Å². The summed E-state index contributed by atoms with van der Waals surface area (Å²) in [4.78, 5) is 18.9. The first-order valence-electron chi connectivity index (χ1n) is 10.2. The summed E-state index contributed by atoms with van der Waals surface area (Å²) in [5.74, 6) is 0.963. The molecule has 0 radical (unpaired) electrons. The lowest BCUT2D eigenvalue weighted by Crippen LogP contribution is -2.35. The van der Waals surface area contributed by atoms with Crippen molar-refractivity contribution in [3.63, 3.8) is 0 Å². The Morgan fingerprint density at radius 3 is 2.24 bits per heavy atom. The van der Waals surface area contributed by atoms with Crippen molar-refractivity contribution in [1.29, 1.82) is 0 Å². The van der Waals surface area contributed by atoms with Gasteiger partial charge in [0.15, 0.2) is 0 Å². The Labute approximate surface area is 177 Å². The van der Waals surface area contributed by atoms with Gasteiger partial charge in [0.05, 0.1) is 12.1 Å². The number of amides is 2. The van der Waals surface area contributed by atoms with Crippen LogP contribution in [-0.4, -0.2) is 47.4 Å². The molecule has 2 amide bonds. The highest BCUT2D eigenvalue weighted by molar-refractivity contribution is 8.03. The first-order valence-corrected chi connectivity index (χ1v) is 11.2. The normalized spacial score (nSPS) is 22.5. The molecule has 2 heterocycles. The second-order valence-corrected chi connectivity index (χ2v) is 8.67. The number of methoxy groups -OCH3 is 1. The van der Waals surface area contributed by atoms with Gasteiger partial charge in [-0.2, -0.15) is 0 Å². The zero-order valence-corrected chi connectivity index (χ0v) is 17.7. The first kappa shape index (κ1) is 20.0. The number of urea groups is 1. The number of rotatable bonds is 8. The molecule has 2 atom stereocenters. The molecular weight excluding hydrogens is 380 g/mol. The Morgan fingerprint density at radius 2 is 1.62 bits per heavy atom. The van der Waals surface area contributed by atoms with Gasteiger partial charge in [-0.3, -0.25) is 0 Å². The molecule has 4 rings (SSSR count). The minimum absolute atomic E-state index is 0.149. The number of ether oxygens (including phenoxy) is 1. The molecule has 0 aromatic heterocycles. The van der Waals surface area contributed by atoms with Crippen LogP contribution in [0.25, 0.3) is 0 Å². The van der Waals surface area contributed by atoms with E-state index in [0.717, 1.165) is 25.2 Å². The maximum Gasteiger partial charge on any atom is 0.321 e. The lowest BCUT2D eigenvalue weighted by atomic mass is 10.1. The van der Waals surface area contributed by atoms with Crippen molar-refractivity contribution in [2.75, 3.05) is 19.5 Å². The molecule has 0 bridgehead atoms. The van der Waals surface area contributed by atoms with Gasteiger partial charge >= 0.3 is 6.03 Å². The molecule has 4 nitrogen and oxygen atoms in total. The summed E-state index contributed by atoms with van der Waals surface area (Å²) in [6, 6.07) is 21.1. The number of carbonyl (C=O) groups is 1. The van der Waals surface area contributed by atoms with Crippen LogP contribution in [0.15, 0.2) is 71.6 Å². The standard InChI is InChI=1S/C24H28N2O2S/c1-28-15-9-8-14-22-23-21(18-29-22)25(16-19-10-4-2-5-11-19)24(27)26(23)17-20-12-6-3-7-13-20/h2-7,10-14,21,23H,8-9,15-18H2,1H3/b22-14+/t21-,23-/m0/s1. The number of fused-ring (bicyclic) bond motifs is 1. The lowest BCUT2D eigenvalue weighted by molar-refractivity contribution is 0.182. The van der Waals surface area contributed by atoms with E-state index >= 15 is 0 Å². The second kappa shape index (κ2) is 9.51. The van der Waals surface area contributed by atoms with Crippen LogP contribution in [0.5, 0.6) is 0 Å². The Morgan fingerprint density at radius 1 is 1.00 bits per heavy atom. The van der Waals surface area contributed by atoms with Crippen LogP contribution in [0.3, 0.4) is 0 Å². The van der Waals surface area contributed by atoms with E-state index in [1.54, 1.807) is 7.11 Å². The fraction of sp³-hybridized carbons (Fsp3) is 0.375. The molecule has 2 fully saturated rings. The van der Waals surface area contributed by atoms with Gasteiger partial charge in [-0.25, -0.2) is 4.79 Å². The molecule has 0 saturated carbocycles. The predicted molar refractivity (Wildman–Crippen MR) is 119 cm³/mol. The molecule has 2 aliphatic heterocycles. The molecule has 0 N–H and O–H groups in total. The van der Waals surface area contributed by atoms with Crippen molar-refractivity contribution in [3.8, 4) is 0 Å². The lowest BCUT2D eigenvalue weighted by Gasteiger charge is -2.23. The van der Waals surface area contributed by atoms with Crippen molar-refractivity contribution >= 4 is 17.8 Å². The van der Waals surface area contributed by atoms with Crippen LogP contribution < -0.4 is 0 Å². The Balaban J connectivity index is 1.57. The Hall–Kier alpha value is -2.24. The van der Waals surface area contributed by atoms with Crippen molar-refractivity contribution in [2.24, 2.45) is 0 Å². The van der Waals surface area contributed by atoms with Crippen LogP contribution in [-0.2, 0) is 17.8 Å². The SMILES string of the molecule is COCCC/C=C1/SC[C@H]2[C@@H]1N(Cc1ccccc1)C(=O)N2Cc1ccccc1. The Bertz CT molecular complexity index is 840. The second-order valence-electron chi connectivity index (χ2n) is 7.57. The van der Waals surface area contributed by atoms with Gasteiger partial charge in [0.2, 0.25) is 0 Å². The third-order valence-electron chi connectivity index (χ3n) is 5.59. The largest absolute Gasteiger partial charge is 0.385 e. The molecule has 5 heteroatoms. The molecule has 0 spiro atoms. The summed E-state index contributed by atoms with van der Waals surface area (Å²) in [7, 11) is 1.74. The molecule has 0 aliphatic carbocycles. The van der Waals surface area contributed by atoms with E-state index in [2.05, 4.69) is 40.1 Å². The van der Waals surface area contributed by atoms with Gasteiger partial charge in [-0.05, 0) is 24.0 Å². The average molecular weight is 409 g/mol. The van der Waals surface area contributed by atoms with Crippen LogP contribution >= 0.6 is 11.8 Å². The maximum atomic E-state index is 13.4. The molecule has 2 aromatic carbocycles. The minimum atomic E-state index is 0.149. The zero-order chi connectivity index (χ0) is 20.1. The topological polar surface area (TPSA) is 32.8 Å². The van der Waals surface area contributed by atoms with Crippen molar-refractivity contribution in [2.45, 2.75) is 38.0 Å². The van der Waals surface area contributed by atoms with Crippen LogP contribution in [0.4, 0.5) is 4.79 Å². The van der Waals surface area contributed by atoms with Crippen LogP contribution in [0.2, 0.25) is 0 Å². The highest BCUT2D eigenvalue weighted by Crippen LogP contribution is 2.43. The number of hydrogen-bond acceptors (Lipinski definition) is 3. The summed E-state index contributed by atoms with van der Waals surface area (Å²) in [5.41, 5.74) is 2.36. The van der Waals surface area contributed by atoms with E-state index < -0.39 is 0 Å². The summed E-state index contributed by atoms with van der Waals surface area (Å²) in [6.07, 6.45) is 4.33. The summed E-state index contributed by atoms with van der Waals surface area (Å²) in [5, 5.41) is 0. The summed E-state index contributed by atoms with van der Waals surface area (Å²) >= 11 is 1.91. The first-order chi connectivity index (χ1) is 14.3. The fourth-order valence-electron chi connectivity index (χ4n) is 4.16. The van der Waals surface area contributed by atoms with E-state index in [4.69, 9.17) is 4.74 Å². The fourth-order valence-corrected chi connectivity index (χ4v) is 5.57. The van der Waals surface area contributed by atoms with Crippen LogP contribution in [0, 0.1) is 0 Å². The molecule has 0 unspecified atom stereocenters. The molecule has 29 heavy (non-hydrogen) atoms. The van der Waals surface area contributed by atoms with E-state index in [9.17, 15) is 4.79 Å². The van der Waals surface area contributed by atoms with Gasteiger partial charge in [0, 0.05) is 37.5 Å². The highest BCUT2D eigenvalue weighted by Gasteiger charge is 2.50. The van der Waals surface area contributed by atoms with Gasteiger partial charge in [0.1, 0.15) is 0 Å². The third-order valence-corrected chi connectivity index (χ3v) is 6.84. The van der Waals surface area contributed by atoms with E-state index in [0.29, 0.717) is 13.1 Å². The Kier molecular flexibility index (Phi) is 6.57. The third kappa shape index (κ3) is 4.51. The van der Waals surface area contributed by atoms with Crippen molar-refractivity contribution in [3.05, 3.63) is 82.8 Å². The molecule has 2 saturated heterocycles. The average Bonchev–Trinajstić information content (AvgIpc) is 3.27. The number of unbranched alkanes of at least 4 members (excludes halogenated alkanes) is 1. The molecule has 2 aromatic rings. The minimum Gasteiger partial charge on any atom is -0.385 e. The molecular formula is C24H28N2O2S. The summed E-state index contributed by atoms with van der Waals surface area (Å²) < 4.78 is 5.18. The van der Waals surface area contributed by atoms with E-state index in [-0.39, 0.29) is 18.1 Å². The van der Waals surface area contributed by atoms with E-state index in [1.807, 2.05) is 48.2 Å². The number of thioether (sulfide) groups is 1. The summed E-state index contributed by atoms with van der Waals surface area (Å²) in [6.45, 7) is 2.10. The zero-order valence-electron chi connectivity index (χ0n) is 16.9. The van der Waals surface area contributed by atoms with Crippen LogP contribution in [0.1, 0.15) is 24.0 Å². The monoisotopic (exact) mass is 408 g/mol. The number of allylic oxidation sites excluding steroid dienone is 1.